The first-order valence-electron chi connectivity index (χ1n) is 3.72. The van der Waals surface area contributed by atoms with Crippen molar-refractivity contribution >= 4 is 11.3 Å². The van der Waals surface area contributed by atoms with Crippen LogP contribution in [0.1, 0.15) is 23.5 Å². The zero-order valence-electron chi connectivity index (χ0n) is 7.29. The molecule has 1 unspecified atom stereocenters. The van der Waals surface area contributed by atoms with E-state index in [1.165, 1.54) is 0 Å². The second-order valence-corrected chi connectivity index (χ2v) is 3.61. The Hall–Kier alpha value is -0.870. The third kappa shape index (κ3) is 1.84. The molecular formula is C8H13N3S. The Morgan fingerprint density at radius 1 is 1.83 bits per heavy atom. The van der Waals surface area contributed by atoms with E-state index in [1.807, 2.05) is 19.2 Å². The summed E-state index contributed by atoms with van der Waals surface area (Å²) in [6, 6.07) is 0. The summed E-state index contributed by atoms with van der Waals surface area (Å²) in [4.78, 5) is 4.34. The molecule has 0 aliphatic carbocycles. The van der Waals surface area contributed by atoms with E-state index < -0.39 is 0 Å². The summed E-state index contributed by atoms with van der Waals surface area (Å²) in [6.45, 7) is 7.80. The van der Waals surface area contributed by atoms with Crippen molar-refractivity contribution in [2.24, 2.45) is 5.84 Å². The van der Waals surface area contributed by atoms with Gasteiger partial charge in [0.05, 0.1) is 0 Å². The molecule has 0 fully saturated rings. The van der Waals surface area contributed by atoms with E-state index in [2.05, 4.69) is 17.0 Å². The smallest absolute Gasteiger partial charge is 0.102 e. The van der Waals surface area contributed by atoms with Gasteiger partial charge < -0.3 is 5.43 Å². The van der Waals surface area contributed by atoms with Crippen LogP contribution in [0.15, 0.2) is 17.7 Å². The van der Waals surface area contributed by atoms with E-state index >= 15 is 0 Å². The molecule has 3 nitrogen and oxygen atoms in total. The number of nitrogens with one attached hydrogen (secondary N) is 1. The zero-order valence-corrected chi connectivity index (χ0v) is 8.11. The lowest BCUT2D eigenvalue weighted by atomic mass is 10.1. The van der Waals surface area contributed by atoms with Crippen molar-refractivity contribution in [3.8, 4) is 0 Å². The monoisotopic (exact) mass is 183 g/mol. The van der Waals surface area contributed by atoms with Gasteiger partial charge in [0, 0.05) is 22.7 Å². The van der Waals surface area contributed by atoms with Gasteiger partial charge in [-0.2, -0.15) is 0 Å². The molecule has 0 bridgehead atoms. The van der Waals surface area contributed by atoms with Crippen LogP contribution in [0.4, 0.5) is 0 Å². The Kier molecular flexibility index (Phi) is 2.83. The highest BCUT2D eigenvalue weighted by atomic mass is 32.1. The summed E-state index contributed by atoms with van der Waals surface area (Å²) < 4.78 is 0. The second kappa shape index (κ2) is 3.69. The number of nitrogens with zero attached hydrogens (tertiary/aromatic N) is 1. The molecule has 1 aromatic rings. The van der Waals surface area contributed by atoms with E-state index in [0.29, 0.717) is 0 Å². The zero-order chi connectivity index (χ0) is 9.14. The molecule has 0 spiro atoms. The Morgan fingerprint density at radius 3 is 2.92 bits per heavy atom. The molecule has 1 heterocycles. The number of hydrogen-bond donors (Lipinski definition) is 2. The van der Waals surface area contributed by atoms with E-state index in [-0.39, 0.29) is 5.92 Å². The van der Waals surface area contributed by atoms with Crippen LogP contribution in [-0.4, -0.2) is 4.98 Å². The number of hydrazine groups is 1. The van der Waals surface area contributed by atoms with Crippen LogP contribution in [0.5, 0.6) is 0 Å². The predicted molar refractivity (Wildman–Crippen MR) is 51.7 cm³/mol. The van der Waals surface area contributed by atoms with Gasteiger partial charge in [0.25, 0.3) is 0 Å². The van der Waals surface area contributed by atoms with Gasteiger partial charge in [0.2, 0.25) is 0 Å². The minimum atomic E-state index is 0.189. The Balaban J connectivity index is 2.77. The molecule has 0 saturated carbocycles. The van der Waals surface area contributed by atoms with Crippen molar-refractivity contribution in [3.05, 3.63) is 28.4 Å². The van der Waals surface area contributed by atoms with E-state index in [0.717, 1.165) is 16.4 Å². The lowest BCUT2D eigenvalue weighted by Crippen LogP contribution is -2.23. The van der Waals surface area contributed by atoms with Crippen LogP contribution in [0.2, 0.25) is 0 Å². The molecule has 0 aromatic carbocycles. The summed E-state index contributed by atoms with van der Waals surface area (Å²) in [5.41, 5.74) is 4.39. The van der Waals surface area contributed by atoms with Gasteiger partial charge in [-0.1, -0.05) is 13.5 Å². The highest BCUT2D eigenvalue weighted by molar-refractivity contribution is 7.09. The molecule has 12 heavy (non-hydrogen) atoms. The highest BCUT2D eigenvalue weighted by Crippen LogP contribution is 2.23. The third-order valence-electron chi connectivity index (χ3n) is 1.72. The van der Waals surface area contributed by atoms with E-state index in [1.54, 1.807) is 11.3 Å². The molecule has 1 aromatic heterocycles. The van der Waals surface area contributed by atoms with E-state index in [9.17, 15) is 0 Å². The fourth-order valence-corrected chi connectivity index (χ4v) is 1.73. The molecule has 66 valence electrons. The topological polar surface area (TPSA) is 50.9 Å². The van der Waals surface area contributed by atoms with Crippen molar-refractivity contribution in [1.82, 2.24) is 10.4 Å². The molecule has 1 rings (SSSR count). The van der Waals surface area contributed by atoms with Gasteiger partial charge in [-0.25, -0.2) is 4.98 Å². The Morgan fingerprint density at radius 2 is 2.50 bits per heavy atom. The van der Waals surface area contributed by atoms with Crippen molar-refractivity contribution in [1.29, 1.82) is 0 Å². The lowest BCUT2D eigenvalue weighted by Gasteiger charge is -2.10. The van der Waals surface area contributed by atoms with Crippen molar-refractivity contribution in [2.45, 2.75) is 19.8 Å². The number of aryl methyl sites for hydroxylation is 1. The third-order valence-corrected chi connectivity index (χ3v) is 2.86. The number of allylic oxidation sites excluding steroid dienone is 1. The van der Waals surface area contributed by atoms with Crippen LogP contribution >= 0.6 is 11.3 Å². The minimum absolute atomic E-state index is 0.189. The summed E-state index contributed by atoms with van der Waals surface area (Å²) >= 11 is 1.63. The van der Waals surface area contributed by atoms with E-state index in [4.69, 9.17) is 5.84 Å². The first-order chi connectivity index (χ1) is 5.65. The van der Waals surface area contributed by atoms with Crippen molar-refractivity contribution in [3.63, 3.8) is 0 Å². The van der Waals surface area contributed by atoms with Gasteiger partial charge in [0.1, 0.15) is 5.01 Å². The van der Waals surface area contributed by atoms with Gasteiger partial charge in [-0.15, -0.1) is 11.3 Å². The first kappa shape index (κ1) is 9.22. The summed E-state index contributed by atoms with van der Waals surface area (Å²) in [5, 5.41) is 3.07. The maximum Gasteiger partial charge on any atom is 0.102 e. The molecule has 0 aliphatic heterocycles. The summed E-state index contributed by atoms with van der Waals surface area (Å²) in [5.74, 6) is 5.43. The van der Waals surface area contributed by atoms with Crippen LogP contribution in [0, 0.1) is 6.92 Å². The van der Waals surface area contributed by atoms with Crippen LogP contribution in [0.3, 0.4) is 0 Å². The predicted octanol–water partition coefficient (Wildman–Crippen LogP) is 1.53. The minimum Gasteiger partial charge on any atom is -0.328 e. The molecule has 4 heteroatoms. The maximum atomic E-state index is 5.24. The standard InChI is InChI=1S/C8H13N3S/c1-5-4-12-8(10-5)6(2)7(3)11-9/h4,6,11H,3,9H2,1-2H3. The maximum absolute atomic E-state index is 5.24. The number of rotatable bonds is 3. The molecule has 0 radical (unpaired) electrons. The summed E-state index contributed by atoms with van der Waals surface area (Å²) in [6.07, 6.45) is 0. The van der Waals surface area contributed by atoms with Crippen molar-refractivity contribution < 1.29 is 0 Å². The molecule has 3 N–H and O–H groups in total. The largest absolute Gasteiger partial charge is 0.328 e. The Labute approximate surface area is 76.3 Å². The highest BCUT2D eigenvalue weighted by Gasteiger charge is 2.11. The molecule has 1 atom stereocenters. The summed E-state index contributed by atoms with van der Waals surface area (Å²) in [7, 11) is 0. The Bertz CT molecular complexity index is 280. The number of thiazole rings is 1. The van der Waals surface area contributed by atoms with Crippen molar-refractivity contribution in [2.75, 3.05) is 0 Å². The average molecular weight is 183 g/mol. The van der Waals surface area contributed by atoms with Gasteiger partial charge in [0.15, 0.2) is 0 Å². The fraction of sp³-hybridized carbons (Fsp3) is 0.375. The SMILES string of the molecule is C=C(NN)C(C)c1nc(C)cs1. The normalized spacial score (nSPS) is 12.6. The quantitative estimate of drug-likeness (QED) is 0.552. The van der Waals surface area contributed by atoms with Gasteiger partial charge >= 0.3 is 0 Å². The number of aromatic nitrogens is 1. The van der Waals surface area contributed by atoms with Crippen LogP contribution < -0.4 is 11.3 Å². The van der Waals surface area contributed by atoms with Crippen LogP contribution in [0.25, 0.3) is 0 Å². The average Bonchev–Trinajstić information content (AvgIpc) is 2.49. The number of hydrogen-bond acceptors (Lipinski definition) is 4. The molecular weight excluding hydrogens is 170 g/mol. The van der Waals surface area contributed by atoms with Gasteiger partial charge in [-0.05, 0) is 6.92 Å². The lowest BCUT2D eigenvalue weighted by molar-refractivity contribution is 0.748. The first-order valence-corrected chi connectivity index (χ1v) is 4.60. The second-order valence-electron chi connectivity index (χ2n) is 2.72. The fourth-order valence-electron chi connectivity index (χ4n) is 0.845. The number of nitrogens with two attached hydrogens (primary N) is 1. The molecule has 0 amide bonds. The van der Waals surface area contributed by atoms with Crippen LogP contribution in [-0.2, 0) is 0 Å². The van der Waals surface area contributed by atoms with Gasteiger partial charge in [-0.3, -0.25) is 5.84 Å². The molecule has 0 saturated heterocycles. The molecule has 0 aliphatic rings.